The minimum absolute atomic E-state index is 0.0269. The fourth-order valence-corrected chi connectivity index (χ4v) is 5.80. The van der Waals surface area contributed by atoms with Crippen LogP contribution in [-0.2, 0) is 19.1 Å². The van der Waals surface area contributed by atoms with Crippen molar-refractivity contribution in [2.45, 2.75) is 102 Å². The second-order valence-corrected chi connectivity index (χ2v) is 9.15. The fourth-order valence-electron chi connectivity index (χ4n) is 5.80. The lowest BCUT2D eigenvalue weighted by Crippen LogP contribution is -2.53. The highest BCUT2D eigenvalue weighted by atomic mass is 16.6. The molecule has 2 atom stereocenters. The van der Waals surface area contributed by atoms with E-state index in [9.17, 15) is 9.59 Å². The highest BCUT2D eigenvalue weighted by Crippen LogP contribution is 2.45. The van der Waals surface area contributed by atoms with Crippen LogP contribution in [0.15, 0.2) is 0 Å². The first-order chi connectivity index (χ1) is 12.7. The number of ether oxygens (including phenoxy) is 2. The molecule has 5 saturated carbocycles. The summed E-state index contributed by atoms with van der Waals surface area (Å²) in [4.78, 5) is 25.4. The maximum absolute atomic E-state index is 12.7. The molecule has 0 aromatic carbocycles. The van der Waals surface area contributed by atoms with E-state index in [1.807, 2.05) is 0 Å². The number of hydrogen-bond donors (Lipinski definition) is 0. The molecule has 0 saturated heterocycles. The van der Waals surface area contributed by atoms with E-state index in [1.165, 1.54) is 12.8 Å². The van der Waals surface area contributed by atoms with Crippen LogP contribution < -0.4 is 0 Å². The van der Waals surface area contributed by atoms with Crippen molar-refractivity contribution in [2.24, 2.45) is 23.7 Å². The Labute approximate surface area is 157 Å². The van der Waals surface area contributed by atoms with Gasteiger partial charge in [-0.05, 0) is 63.2 Å². The average molecular weight is 363 g/mol. The highest BCUT2D eigenvalue weighted by Gasteiger charge is 2.49. The minimum atomic E-state index is -0.190. The fraction of sp³-hybridized carbons (Fsp3) is 0.909. The number of carbonyl (C=O) groups is 2. The zero-order valence-electron chi connectivity index (χ0n) is 16.0. The van der Waals surface area contributed by atoms with Crippen LogP contribution in [0.3, 0.4) is 0 Å². The van der Waals surface area contributed by atoms with Crippen LogP contribution in [0.25, 0.3) is 0 Å². The summed E-state index contributed by atoms with van der Waals surface area (Å²) in [6, 6.07) is 0. The van der Waals surface area contributed by atoms with Gasteiger partial charge >= 0.3 is 11.9 Å². The van der Waals surface area contributed by atoms with E-state index in [2.05, 4.69) is 0 Å². The first-order valence-corrected chi connectivity index (χ1v) is 11.1. The SMILES string of the molecule is O=C(OC1C2CCC(CC2)C1OC(=O)C1CCCCC1)C1CCCCC1. The number of hydrogen-bond acceptors (Lipinski definition) is 4. The molecule has 0 spiro atoms. The van der Waals surface area contributed by atoms with Gasteiger partial charge < -0.3 is 9.47 Å². The lowest BCUT2D eigenvalue weighted by atomic mass is 9.67. The third kappa shape index (κ3) is 3.94. The predicted molar refractivity (Wildman–Crippen MR) is 98.4 cm³/mol. The molecule has 0 heterocycles. The van der Waals surface area contributed by atoms with Gasteiger partial charge in [-0.15, -0.1) is 0 Å². The zero-order valence-corrected chi connectivity index (χ0v) is 16.0. The Morgan fingerprint density at radius 2 is 0.846 bits per heavy atom. The van der Waals surface area contributed by atoms with E-state index in [4.69, 9.17) is 9.47 Å². The van der Waals surface area contributed by atoms with Gasteiger partial charge in [0.15, 0.2) is 0 Å². The van der Waals surface area contributed by atoms with Crippen LogP contribution >= 0.6 is 0 Å². The number of esters is 2. The molecule has 0 N–H and O–H groups in total. The molecule has 2 unspecified atom stereocenters. The minimum Gasteiger partial charge on any atom is -0.458 e. The zero-order chi connectivity index (χ0) is 17.9. The largest absolute Gasteiger partial charge is 0.458 e. The van der Waals surface area contributed by atoms with E-state index >= 15 is 0 Å². The molecule has 5 aliphatic rings. The summed E-state index contributed by atoms with van der Waals surface area (Å²) < 4.78 is 12.1. The van der Waals surface area contributed by atoms with Crippen LogP contribution in [0.1, 0.15) is 89.9 Å². The van der Waals surface area contributed by atoms with Crippen molar-refractivity contribution < 1.29 is 19.1 Å². The molecule has 2 bridgehead atoms. The van der Waals surface area contributed by atoms with Crippen molar-refractivity contribution in [3.63, 3.8) is 0 Å². The third-order valence-electron chi connectivity index (χ3n) is 7.45. The van der Waals surface area contributed by atoms with Crippen molar-refractivity contribution in [1.29, 1.82) is 0 Å². The van der Waals surface area contributed by atoms with Gasteiger partial charge in [-0.2, -0.15) is 0 Å². The van der Waals surface area contributed by atoms with Crippen molar-refractivity contribution in [2.75, 3.05) is 0 Å². The van der Waals surface area contributed by atoms with Gasteiger partial charge in [0.1, 0.15) is 12.2 Å². The Balaban J connectivity index is 1.40. The summed E-state index contributed by atoms with van der Waals surface area (Å²) in [5.41, 5.74) is 0. The second kappa shape index (κ2) is 8.31. The second-order valence-electron chi connectivity index (χ2n) is 9.15. The molecule has 5 aliphatic carbocycles. The summed E-state index contributed by atoms with van der Waals surface area (Å²) in [7, 11) is 0. The summed E-state index contributed by atoms with van der Waals surface area (Å²) in [5, 5.41) is 0. The van der Waals surface area contributed by atoms with Crippen LogP contribution in [0.5, 0.6) is 0 Å². The van der Waals surface area contributed by atoms with E-state index in [-0.39, 0.29) is 36.0 Å². The van der Waals surface area contributed by atoms with Crippen LogP contribution in [0, 0.1) is 23.7 Å². The van der Waals surface area contributed by atoms with Gasteiger partial charge in [0.05, 0.1) is 11.8 Å². The van der Waals surface area contributed by atoms with Crippen molar-refractivity contribution >= 4 is 11.9 Å². The van der Waals surface area contributed by atoms with Crippen LogP contribution in [0.4, 0.5) is 0 Å². The Morgan fingerprint density at radius 3 is 1.19 bits per heavy atom. The Bertz CT molecular complexity index is 450. The van der Waals surface area contributed by atoms with E-state index < -0.39 is 0 Å². The summed E-state index contributed by atoms with van der Waals surface area (Å²) in [5.74, 6) is 0.855. The summed E-state index contributed by atoms with van der Waals surface area (Å²) in [6.07, 6.45) is 15.0. The summed E-state index contributed by atoms with van der Waals surface area (Å²) >= 11 is 0. The molecule has 0 aromatic heterocycles. The molecule has 4 nitrogen and oxygen atoms in total. The molecule has 26 heavy (non-hydrogen) atoms. The van der Waals surface area contributed by atoms with Gasteiger partial charge in [0.25, 0.3) is 0 Å². The average Bonchev–Trinajstić information content (AvgIpc) is 2.71. The quantitative estimate of drug-likeness (QED) is 0.675. The van der Waals surface area contributed by atoms with Gasteiger partial charge in [-0.25, -0.2) is 0 Å². The smallest absolute Gasteiger partial charge is 0.309 e. The Hall–Kier alpha value is -1.06. The van der Waals surface area contributed by atoms with Crippen LogP contribution in [0.2, 0.25) is 0 Å². The third-order valence-corrected chi connectivity index (χ3v) is 7.45. The van der Waals surface area contributed by atoms with Crippen molar-refractivity contribution in [3.8, 4) is 0 Å². The normalized spacial score (nSPS) is 35.8. The molecular weight excluding hydrogens is 328 g/mol. The first kappa shape index (κ1) is 18.3. The molecule has 146 valence electrons. The Morgan fingerprint density at radius 1 is 0.500 bits per heavy atom. The number of fused-ring (bicyclic) bond motifs is 3. The van der Waals surface area contributed by atoms with E-state index in [0.717, 1.165) is 77.0 Å². The van der Waals surface area contributed by atoms with Gasteiger partial charge in [-0.1, -0.05) is 38.5 Å². The maximum Gasteiger partial charge on any atom is 0.309 e. The van der Waals surface area contributed by atoms with E-state index in [0.29, 0.717) is 11.8 Å². The molecule has 4 heteroatoms. The number of carbonyl (C=O) groups excluding carboxylic acids is 2. The maximum atomic E-state index is 12.7. The molecule has 5 rings (SSSR count). The topological polar surface area (TPSA) is 52.6 Å². The lowest BCUT2D eigenvalue weighted by Gasteiger charge is -2.47. The molecule has 0 aliphatic heterocycles. The first-order valence-electron chi connectivity index (χ1n) is 11.1. The lowest BCUT2D eigenvalue weighted by molar-refractivity contribution is -0.198. The standard InChI is InChI=1S/C22H34O4/c23-21(17-7-3-1-4-8-17)25-19-15-11-13-16(14-12-15)20(19)26-22(24)18-9-5-2-6-10-18/h15-20H,1-14H2. The van der Waals surface area contributed by atoms with Gasteiger partial charge in [0, 0.05) is 0 Å². The van der Waals surface area contributed by atoms with Gasteiger partial charge in [-0.3, -0.25) is 9.59 Å². The molecular formula is C22H34O4. The highest BCUT2D eigenvalue weighted by molar-refractivity contribution is 5.74. The monoisotopic (exact) mass is 362 g/mol. The molecule has 0 amide bonds. The predicted octanol–water partition coefficient (Wildman–Crippen LogP) is 4.79. The van der Waals surface area contributed by atoms with Crippen LogP contribution in [-0.4, -0.2) is 24.1 Å². The number of rotatable bonds is 4. The van der Waals surface area contributed by atoms with Crippen molar-refractivity contribution in [3.05, 3.63) is 0 Å². The molecule has 0 radical (unpaired) electrons. The molecule has 5 fully saturated rings. The van der Waals surface area contributed by atoms with Crippen molar-refractivity contribution in [1.82, 2.24) is 0 Å². The molecule has 0 aromatic rings. The Kier molecular flexibility index (Phi) is 5.85. The summed E-state index contributed by atoms with van der Waals surface area (Å²) in [6.45, 7) is 0. The van der Waals surface area contributed by atoms with Gasteiger partial charge in [0.2, 0.25) is 0 Å². The van der Waals surface area contributed by atoms with E-state index in [1.54, 1.807) is 0 Å².